The Balaban J connectivity index is 0.920. The molecule has 1 unspecified atom stereocenters. The molecule has 0 radical (unpaired) electrons. The predicted octanol–water partition coefficient (Wildman–Crippen LogP) is 7.28. The highest BCUT2D eigenvalue weighted by atomic mass is 32.1. The molecule has 0 aliphatic carbocycles. The van der Waals surface area contributed by atoms with Crippen LogP contribution < -0.4 is 30.2 Å². The van der Waals surface area contributed by atoms with Crippen LogP contribution in [-0.4, -0.2) is 69.2 Å². The molecule has 3 N–H and O–H groups in total. The molecule has 1 aromatic heterocycles. The molecule has 1 atom stereocenters. The molecule has 278 valence electrons. The van der Waals surface area contributed by atoms with Crippen LogP contribution in [0.5, 0.6) is 11.5 Å². The summed E-state index contributed by atoms with van der Waals surface area (Å²) in [7, 11) is -2.72. The third-order valence-electron chi connectivity index (χ3n) is 10.1. The minimum atomic E-state index is -2.72. The number of carbonyl (C=O) groups is 1. The first kappa shape index (κ1) is 38.3. The van der Waals surface area contributed by atoms with Gasteiger partial charge in [0.15, 0.2) is 0 Å². The van der Waals surface area contributed by atoms with Gasteiger partial charge in [-0.1, -0.05) is 93.6 Å². The molecule has 9 heteroatoms. The van der Waals surface area contributed by atoms with E-state index in [0.717, 1.165) is 60.8 Å². The topological polar surface area (TPSA) is 83.1 Å². The van der Waals surface area contributed by atoms with Gasteiger partial charge in [0, 0.05) is 31.4 Å². The lowest BCUT2D eigenvalue weighted by Crippen LogP contribution is -2.68. The van der Waals surface area contributed by atoms with Crippen molar-refractivity contribution in [1.29, 1.82) is 0 Å². The van der Waals surface area contributed by atoms with Gasteiger partial charge in [0.05, 0.1) is 4.88 Å². The lowest BCUT2D eigenvalue weighted by atomic mass is 10.0. The van der Waals surface area contributed by atoms with Crippen molar-refractivity contribution in [2.24, 2.45) is 0 Å². The van der Waals surface area contributed by atoms with Crippen molar-refractivity contribution < 1.29 is 19.1 Å². The van der Waals surface area contributed by atoms with Crippen molar-refractivity contribution >= 4 is 41.6 Å². The van der Waals surface area contributed by atoms with Gasteiger partial charge in [-0.25, -0.2) is 0 Å². The van der Waals surface area contributed by atoms with Crippen LogP contribution in [0.2, 0.25) is 5.04 Å². The van der Waals surface area contributed by atoms with E-state index < -0.39 is 14.4 Å². The van der Waals surface area contributed by atoms with Crippen molar-refractivity contribution in [1.82, 2.24) is 10.2 Å². The first-order chi connectivity index (χ1) is 25.6. The summed E-state index contributed by atoms with van der Waals surface area (Å²) in [5.74, 6) is 1.66. The predicted molar refractivity (Wildman–Crippen MR) is 221 cm³/mol. The summed E-state index contributed by atoms with van der Waals surface area (Å²) < 4.78 is 13.1. The van der Waals surface area contributed by atoms with Crippen molar-refractivity contribution in [2.75, 3.05) is 38.1 Å². The second kappa shape index (κ2) is 17.6. The Hall–Kier alpha value is -4.41. The van der Waals surface area contributed by atoms with Crippen molar-refractivity contribution in [2.45, 2.75) is 64.1 Å². The van der Waals surface area contributed by atoms with Gasteiger partial charge >= 0.3 is 8.32 Å². The van der Waals surface area contributed by atoms with E-state index in [1.807, 2.05) is 47.5 Å². The van der Waals surface area contributed by atoms with Crippen LogP contribution in [0.15, 0.2) is 121 Å². The van der Waals surface area contributed by atoms with Crippen LogP contribution >= 0.6 is 11.3 Å². The third-order valence-corrected chi connectivity index (χ3v) is 16.0. The highest BCUT2D eigenvalue weighted by Gasteiger charge is 2.52. The van der Waals surface area contributed by atoms with Crippen LogP contribution in [0.4, 0.5) is 5.69 Å². The summed E-state index contributed by atoms with van der Waals surface area (Å²) in [6.45, 7) is 11.8. The number of amides is 1. The van der Waals surface area contributed by atoms with Gasteiger partial charge in [0.25, 0.3) is 5.91 Å². The first-order valence-electron chi connectivity index (χ1n) is 18.7. The first-order valence-corrected chi connectivity index (χ1v) is 21.5. The van der Waals surface area contributed by atoms with Crippen LogP contribution in [-0.2, 0) is 6.42 Å². The molecular formula is C44H53N3O4SSi. The van der Waals surface area contributed by atoms with E-state index in [2.05, 4.69) is 116 Å². The number of hydrogen-bond donors (Lipinski definition) is 3. The number of benzene rings is 4. The van der Waals surface area contributed by atoms with E-state index >= 15 is 0 Å². The Kier molecular flexibility index (Phi) is 12.7. The SMILES string of the molecule is Cc1ccsc1C(=O)N1CCC(Nc2ccc(CCNCC(O)COc3ccc(O[Si](c4ccccc4)(c4ccccc4)C(C)(C)C)cc3)cc2)CC1. The fourth-order valence-corrected chi connectivity index (χ4v) is 12.5. The number of nitrogens with one attached hydrogen (secondary N) is 2. The lowest BCUT2D eigenvalue weighted by molar-refractivity contribution is 0.0722. The zero-order valence-corrected chi connectivity index (χ0v) is 33.2. The van der Waals surface area contributed by atoms with E-state index in [9.17, 15) is 9.90 Å². The van der Waals surface area contributed by atoms with Gasteiger partial charge in [0.2, 0.25) is 0 Å². The minimum Gasteiger partial charge on any atom is -0.534 e. The number of aliphatic hydroxyl groups excluding tert-OH is 1. The fraction of sp³-hybridized carbons (Fsp3) is 0.341. The maximum atomic E-state index is 12.8. The van der Waals surface area contributed by atoms with Gasteiger partial charge in [-0.05, 0) is 107 Å². The number of aryl methyl sites for hydroxylation is 1. The van der Waals surface area contributed by atoms with Crippen LogP contribution in [0.3, 0.4) is 0 Å². The molecule has 1 aliphatic heterocycles. The van der Waals surface area contributed by atoms with Crippen LogP contribution in [0, 0.1) is 6.92 Å². The monoisotopic (exact) mass is 747 g/mol. The Morgan fingerprint density at radius 2 is 1.47 bits per heavy atom. The molecule has 1 aliphatic rings. The number of hydrogen-bond acceptors (Lipinski definition) is 7. The number of ether oxygens (including phenoxy) is 1. The van der Waals surface area contributed by atoms with E-state index in [-0.39, 0.29) is 17.6 Å². The number of carbonyl (C=O) groups excluding carboxylic acids is 1. The third kappa shape index (κ3) is 9.58. The van der Waals surface area contributed by atoms with E-state index in [4.69, 9.17) is 9.16 Å². The summed E-state index contributed by atoms with van der Waals surface area (Å²) in [6, 6.07) is 40.0. The molecule has 1 saturated heterocycles. The molecule has 1 fully saturated rings. The molecular weight excluding hydrogens is 695 g/mol. The molecule has 0 saturated carbocycles. The fourth-order valence-electron chi connectivity index (χ4n) is 7.15. The Bertz CT molecular complexity index is 1830. The smallest absolute Gasteiger partial charge is 0.319 e. The molecule has 53 heavy (non-hydrogen) atoms. The Morgan fingerprint density at radius 3 is 2.04 bits per heavy atom. The Morgan fingerprint density at radius 1 is 0.868 bits per heavy atom. The van der Waals surface area contributed by atoms with Gasteiger partial charge in [0.1, 0.15) is 24.2 Å². The van der Waals surface area contributed by atoms with Gasteiger partial charge in [-0.3, -0.25) is 4.79 Å². The highest BCUT2D eigenvalue weighted by molar-refractivity contribution is 7.12. The second-order valence-electron chi connectivity index (χ2n) is 15.0. The minimum absolute atomic E-state index is 0.130. The maximum absolute atomic E-state index is 12.8. The summed E-state index contributed by atoms with van der Waals surface area (Å²) >= 11 is 1.53. The van der Waals surface area contributed by atoms with Crippen molar-refractivity contribution in [3.63, 3.8) is 0 Å². The number of anilines is 1. The van der Waals surface area contributed by atoms with Crippen molar-refractivity contribution in [3.05, 3.63) is 137 Å². The maximum Gasteiger partial charge on any atom is 0.319 e. The van der Waals surface area contributed by atoms with Gasteiger partial charge in [-0.15, -0.1) is 11.3 Å². The number of rotatable bonds is 15. The number of likely N-dealkylation sites (tertiary alicyclic amines) is 1. The average molecular weight is 748 g/mol. The number of nitrogens with zero attached hydrogens (tertiary/aromatic N) is 1. The molecule has 2 heterocycles. The highest BCUT2D eigenvalue weighted by Crippen LogP contribution is 2.38. The summed E-state index contributed by atoms with van der Waals surface area (Å²) in [6.07, 6.45) is 2.11. The lowest BCUT2D eigenvalue weighted by Gasteiger charge is -2.43. The molecule has 7 nitrogen and oxygen atoms in total. The van der Waals surface area contributed by atoms with Crippen LogP contribution in [0.25, 0.3) is 0 Å². The van der Waals surface area contributed by atoms with Gasteiger partial charge < -0.3 is 29.8 Å². The molecule has 0 bridgehead atoms. The molecule has 4 aromatic carbocycles. The second-order valence-corrected chi connectivity index (χ2v) is 20.1. The zero-order valence-electron chi connectivity index (χ0n) is 31.4. The summed E-state index contributed by atoms with van der Waals surface area (Å²) in [5.41, 5.74) is 3.41. The van der Waals surface area contributed by atoms with E-state index in [1.54, 1.807) is 0 Å². The van der Waals surface area contributed by atoms with Crippen molar-refractivity contribution in [3.8, 4) is 11.5 Å². The largest absolute Gasteiger partial charge is 0.534 e. The van der Waals surface area contributed by atoms with Gasteiger partial charge in [-0.2, -0.15) is 0 Å². The van der Waals surface area contributed by atoms with E-state index in [0.29, 0.717) is 18.3 Å². The molecule has 1 amide bonds. The van der Waals surface area contributed by atoms with E-state index in [1.165, 1.54) is 27.3 Å². The normalized spacial score (nSPS) is 14.5. The zero-order chi connectivity index (χ0) is 37.3. The molecule has 6 rings (SSSR count). The average Bonchev–Trinajstić information content (AvgIpc) is 3.61. The quantitative estimate of drug-likeness (QED) is 0.0772. The molecule has 5 aromatic rings. The van der Waals surface area contributed by atoms with Crippen LogP contribution in [0.1, 0.15) is 54.4 Å². The standard InChI is InChI=1S/C44H53N3O4SSi/c1-33-26-30-52-42(33)43(49)47-28-24-36(25-29-47)46-35-17-15-34(16-18-35)23-27-45-31-37(48)32-50-38-19-21-39(22-20-38)51-53(44(2,3)4,40-11-7-5-8-12-40)41-13-9-6-10-14-41/h5-22,26,30,36-37,45-46,48H,23-25,27-29,31-32H2,1-4H3. The summed E-state index contributed by atoms with van der Waals surface area (Å²) in [4.78, 5) is 15.7. The molecule has 0 spiro atoms. The Labute approximate surface area is 320 Å². The number of aliphatic hydroxyl groups is 1. The summed E-state index contributed by atoms with van der Waals surface area (Å²) in [5, 5.41) is 22.0. The number of thiophene rings is 1. The number of piperidine rings is 1.